The van der Waals surface area contributed by atoms with Crippen LogP contribution >= 0.6 is 31.9 Å². The number of hydrogen-bond donors (Lipinski definition) is 1. The van der Waals surface area contributed by atoms with Gasteiger partial charge in [0.15, 0.2) is 0 Å². The maximum Gasteiger partial charge on any atom is 0.354 e. The Morgan fingerprint density at radius 1 is 1.50 bits per heavy atom. The standard InChI is InChI=1S/C7H7Br2NO2/c1-3-4(8)6(9)10-5(3)7(11)12-2/h10H,1-2H3. The van der Waals surface area contributed by atoms with E-state index < -0.39 is 0 Å². The van der Waals surface area contributed by atoms with Crippen molar-refractivity contribution in [2.24, 2.45) is 0 Å². The molecule has 5 heteroatoms. The van der Waals surface area contributed by atoms with Gasteiger partial charge in [-0.3, -0.25) is 0 Å². The number of aromatic amines is 1. The number of hydrogen-bond acceptors (Lipinski definition) is 2. The highest BCUT2D eigenvalue weighted by Crippen LogP contribution is 2.28. The van der Waals surface area contributed by atoms with Gasteiger partial charge in [-0.25, -0.2) is 4.79 Å². The van der Waals surface area contributed by atoms with E-state index in [1.807, 2.05) is 6.92 Å². The molecule has 0 fully saturated rings. The Kier molecular flexibility index (Phi) is 2.95. The molecule has 0 aliphatic rings. The number of aromatic nitrogens is 1. The van der Waals surface area contributed by atoms with Gasteiger partial charge in [-0.15, -0.1) is 0 Å². The van der Waals surface area contributed by atoms with Crippen LogP contribution in [0.15, 0.2) is 9.08 Å². The van der Waals surface area contributed by atoms with Crippen molar-refractivity contribution in [3.63, 3.8) is 0 Å². The number of methoxy groups -OCH3 is 1. The molecule has 1 aromatic heterocycles. The van der Waals surface area contributed by atoms with Crippen molar-refractivity contribution in [2.45, 2.75) is 6.92 Å². The van der Waals surface area contributed by atoms with Gasteiger partial charge >= 0.3 is 5.97 Å². The normalized spacial score (nSPS) is 10.0. The smallest absolute Gasteiger partial charge is 0.354 e. The fraction of sp³-hybridized carbons (Fsp3) is 0.286. The Morgan fingerprint density at radius 2 is 2.08 bits per heavy atom. The van der Waals surface area contributed by atoms with Crippen molar-refractivity contribution >= 4 is 37.8 Å². The molecule has 1 rings (SSSR count). The lowest BCUT2D eigenvalue weighted by Crippen LogP contribution is -2.03. The third kappa shape index (κ3) is 1.56. The zero-order valence-corrected chi connectivity index (χ0v) is 9.74. The van der Waals surface area contributed by atoms with Crippen LogP contribution in [0.1, 0.15) is 16.1 Å². The minimum Gasteiger partial charge on any atom is -0.464 e. The van der Waals surface area contributed by atoms with Gasteiger partial charge in [0.1, 0.15) is 5.69 Å². The summed E-state index contributed by atoms with van der Waals surface area (Å²) >= 11 is 6.57. The summed E-state index contributed by atoms with van der Waals surface area (Å²) in [6, 6.07) is 0. The van der Waals surface area contributed by atoms with Gasteiger partial charge in [0.25, 0.3) is 0 Å². The molecule has 1 N–H and O–H groups in total. The largest absolute Gasteiger partial charge is 0.464 e. The van der Waals surface area contributed by atoms with Gasteiger partial charge in [0, 0.05) is 0 Å². The molecule has 0 amide bonds. The van der Waals surface area contributed by atoms with Crippen molar-refractivity contribution < 1.29 is 9.53 Å². The molecule has 0 radical (unpaired) electrons. The van der Waals surface area contributed by atoms with E-state index in [1.54, 1.807) is 0 Å². The van der Waals surface area contributed by atoms with Gasteiger partial charge in [0.2, 0.25) is 0 Å². The number of rotatable bonds is 1. The summed E-state index contributed by atoms with van der Waals surface area (Å²) in [7, 11) is 1.35. The Hall–Kier alpha value is -0.290. The molecular formula is C7H7Br2NO2. The summed E-state index contributed by atoms with van der Waals surface area (Å²) in [5, 5.41) is 0. The summed E-state index contributed by atoms with van der Waals surface area (Å²) in [6.07, 6.45) is 0. The van der Waals surface area contributed by atoms with Gasteiger partial charge in [0.05, 0.1) is 16.2 Å². The maximum absolute atomic E-state index is 11.1. The van der Waals surface area contributed by atoms with Crippen LogP contribution < -0.4 is 0 Å². The highest BCUT2D eigenvalue weighted by atomic mass is 79.9. The van der Waals surface area contributed by atoms with E-state index in [9.17, 15) is 4.79 Å². The molecule has 0 saturated heterocycles. The molecule has 0 aromatic carbocycles. The van der Waals surface area contributed by atoms with Crippen LogP contribution in [-0.4, -0.2) is 18.1 Å². The van der Waals surface area contributed by atoms with Crippen LogP contribution in [0.25, 0.3) is 0 Å². The molecule has 0 spiro atoms. The quantitative estimate of drug-likeness (QED) is 0.810. The van der Waals surface area contributed by atoms with Gasteiger partial charge < -0.3 is 9.72 Å². The molecular weight excluding hydrogens is 290 g/mol. The fourth-order valence-corrected chi connectivity index (χ4v) is 1.63. The summed E-state index contributed by atoms with van der Waals surface area (Å²) in [5.74, 6) is -0.362. The van der Waals surface area contributed by atoms with Crippen LogP contribution in [0.2, 0.25) is 0 Å². The van der Waals surface area contributed by atoms with E-state index >= 15 is 0 Å². The second kappa shape index (κ2) is 3.62. The molecule has 66 valence electrons. The third-order valence-corrected chi connectivity index (χ3v) is 3.64. The van der Waals surface area contributed by atoms with E-state index in [0.717, 1.165) is 14.6 Å². The highest BCUT2D eigenvalue weighted by molar-refractivity contribution is 9.13. The fourth-order valence-electron chi connectivity index (χ4n) is 0.839. The van der Waals surface area contributed by atoms with Crippen molar-refractivity contribution in [1.82, 2.24) is 4.98 Å². The van der Waals surface area contributed by atoms with Crippen molar-refractivity contribution in [3.8, 4) is 0 Å². The SMILES string of the molecule is COC(=O)c1[nH]c(Br)c(Br)c1C. The lowest BCUT2D eigenvalue weighted by molar-refractivity contribution is 0.0594. The second-order valence-corrected chi connectivity index (χ2v) is 3.83. The minimum atomic E-state index is -0.362. The first-order chi connectivity index (χ1) is 5.57. The Morgan fingerprint density at radius 3 is 2.42 bits per heavy atom. The minimum absolute atomic E-state index is 0.362. The van der Waals surface area contributed by atoms with Crippen molar-refractivity contribution in [3.05, 3.63) is 20.3 Å². The predicted molar refractivity (Wildman–Crippen MR) is 52.3 cm³/mol. The predicted octanol–water partition coefficient (Wildman–Crippen LogP) is 2.63. The van der Waals surface area contributed by atoms with Crippen LogP contribution in [-0.2, 0) is 4.74 Å². The van der Waals surface area contributed by atoms with Crippen LogP contribution in [0.3, 0.4) is 0 Å². The molecule has 1 aromatic rings. The number of halogens is 2. The number of carbonyl (C=O) groups is 1. The summed E-state index contributed by atoms with van der Waals surface area (Å²) in [4.78, 5) is 14.0. The number of ether oxygens (including phenoxy) is 1. The molecule has 0 aliphatic carbocycles. The van der Waals surface area contributed by atoms with Crippen LogP contribution in [0.5, 0.6) is 0 Å². The van der Waals surface area contributed by atoms with E-state index in [0.29, 0.717) is 5.69 Å². The third-order valence-electron chi connectivity index (χ3n) is 1.52. The molecule has 0 aliphatic heterocycles. The highest BCUT2D eigenvalue weighted by Gasteiger charge is 2.16. The first-order valence-corrected chi connectivity index (χ1v) is 4.78. The number of nitrogens with one attached hydrogen (secondary N) is 1. The monoisotopic (exact) mass is 295 g/mol. The summed E-state index contributed by atoms with van der Waals surface area (Å²) in [6.45, 7) is 1.83. The topological polar surface area (TPSA) is 42.1 Å². The Labute approximate surface area is 86.7 Å². The average Bonchev–Trinajstić information content (AvgIpc) is 2.32. The molecule has 0 atom stereocenters. The van der Waals surface area contributed by atoms with Gasteiger partial charge in [-0.05, 0) is 44.3 Å². The van der Waals surface area contributed by atoms with E-state index in [-0.39, 0.29) is 5.97 Å². The van der Waals surface area contributed by atoms with Crippen LogP contribution in [0, 0.1) is 6.92 Å². The second-order valence-electron chi connectivity index (χ2n) is 2.24. The lowest BCUT2D eigenvalue weighted by atomic mass is 10.3. The maximum atomic E-state index is 11.1. The number of esters is 1. The molecule has 12 heavy (non-hydrogen) atoms. The van der Waals surface area contributed by atoms with E-state index in [2.05, 4.69) is 41.6 Å². The molecule has 0 unspecified atom stereocenters. The first-order valence-electron chi connectivity index (χ1n) is 3.19. The average molecular weight is 297 g/mol. The van der Waals surface area contributed by atoms with Crippen LogP contribution in [0.4, 0.5) is 0 Å². The number of carbonyl (C=O) groups excluding carboxylic acids is 1. The van der Waals surface area contributed by atoms with E-state index in [4.69, 9.17) is 0 Å². The Bertz CT molecular complexity index is 319. The zero-order valence-electron chi connectivity index (χ0n) is 6.57. The molecule has 0 bridgehead atoms. The summed E-state index contributed by atoms with van der Waals surface area (Å²) in [5.41, 5.74) is 1.31. The van der Waals surface area contributed by atoms with Gasteiger partial charge in [-0.2, -0.15) is 0 Å². The summed E-state index contributed by atoms with van der Waals surface area (Å²) < 4.78 is 6.17. The molecule has 0 saturated carbocycles. The lowest BCUT2D eigenvalue weighted by Gasteiger charge is -1.95. The zero-order chi connectivity index (χ0) is 9.30. The molecule has 3 nitrogen and oxygen atoms in total. The number of H-pyrrole nitrogens is 1. The Balaban J connectivity index is 3.17. The van der Waals surface area contributed by atoms with Crippen molar-refractivity contribution in [2.75, 3.05) is 7.11 Å². The molecule has 1 heterocycles. The first kappa shape index (κ1) is 9.80. The van der Waals surface area contributed by atoms with Gasteiger partial charge in [-0.1, -0.05) is 0 Å². The van der Waals surface area contributed by atoms with Crippen molar-refractivity contribution in [1.29, 1.82) is 0 Å². The van der Waals surface area contributed by atoms with E-state index in [1.165, 1.54) is 7.11 Å².